The number of halogens is 1. The van der Waals surface area contributed by atoms with Crippen molar-refractivity contribution >= 4 is 0 Å². The zero-order valence-corrected chi connectivity index (χ0v) is 5.63. The van der Waals surface area contributed by atoms with Gasteiger partial charge in [0.05, 0.1) is 21.1 Å². The van der Waals surface area contributed by atoms with E-state index in [4.69, 9.17) is 5.11 Å². The average molecular weight is 152 g/mol. The molecule has 0 aliphatic carbocycles. The van der Waals surface area contributed by atoms with E-state index >= 15 is 0 Å². The van der Waals surface area contributed by atoms with Crippen LogP contribution in [0.2, 0.25) is 0 Å². The summed E-state index contributed by atoms with van der Waals surface area (Å²) in [5.41, 5.74) is 0. The van der Waals surface area contributed by atoms with E-state index in [1.807, 2.05) is 0 Å². The van der Waals surface area contributed by atoms with Gasteiger partial charge in [-0.05, 0) is 0 Å². The van der Waals surface area contributed by atoms with Gasteiger partial charge in [-0.3, -0.25) is 0 Å². The maximum atomic E-state index is 9.47. The zero-order chi connectivity index (χ0) is 6.62. The van der Waals surface area contributed by atoms with Crippen LogP contribution in [0.25, 0.3) is 0 Å². The molecule has 0 aromatic carbocycles. The van der Waals surface area contributed by atoms with E-state index in [-0.39, 0.29) is 20.3 Å². The summed E-state index contributed by atoms with van der Waals surface area (Å²) in [6.07, 6.45) is 0. The van der Waals surface area contributed by atoms with Gasteiger partial charge >= 0.3 is 18.9 Å². The Bertz CT molecular complexity index is 67.2. The van der Waals surface area contributed by atoms with E-state index in [0.29, 0.717) is 0 Å². The first-order valence-electron chi connectivity index (χ1n) is 1.72. The molecule has 0 amide bonds. The molecule has 0 heterocycles. The summed E-state index contributed by atoms with van der Waals surface area (Å²) in [4.78, 5) is 0. The molecule has 0 radical (unpaired) electrons. The summed E-state index contributed by atoms with van der Waals surface area (Å²) in [6.45, 7) is -0.956. The molecule has 5 nitrogen and oxygen atoms in total. The predicted octanol–water partition coefficient (Wildman–Crippen LogP) is -6.99. The Morgan fingerprint density at radius 2 is 1.89 bits per heavy atom. The van der Waals surface area contributed by atoms with Crippen molar-refractivity contribution < 1.29 is 53.9 Å². The van der Waals surface area contributed by atoms with E-state index in [9.17, 15) is 14.0 Å². The third kappa shape index (κ3) is 12.0. The Hall–Kier alpha value is 0.687. The van der Waals surface area contributed by atoms with Crippen molar-refractivity contribution in [1.29, 1.82) is 0 Å². The number of aliphatic hydroxyl groups excluding tert-OH is 1. The third-order valence-corrected chi connectivity index (χ3v) is 0.724. The van der Waals surface area contributed by atoms with Crippen LogP contribution in [0.4, 0.5) is 0 Å². The maximum Gasteiger partial charge on any atom is 1.00 e. The van der Waals surface area contributed by atoms with Gasteiger partial charge in [0, 0.05) is 0 Å². The summed E-state index contributed by atoms with van der Waals surface area (Å²) < 4.78 is 31.9. The molecule has 0 rings (SSSR count). The monoisotopic (exact) mass is 152 g/mol. The predicted molar refractivity (Wildman–Crippen MR) is 14.1 cm³/mol. The smallest absolute Gasteiger partial charge is 1.00 e. The van der Waals surface area contributed by atoms with Gasteiger partial charge in [0.25, 0.3) is 0 Å². The fraction of sp³-hybridized carbons (Fsp3) is 1.00. The summed E-state index contributed by atoms with van der Waals surface area (Å²) in [5, 5.41) is 7.90. The summed E-state index contributed by atoms with van der Waals surface area (Å²) in [7, 11) is -4.35. The van der Waals surface area contributed by atoms with E-state index in [2.05, 4.69) is 4.29 Å². The standard InChI is InChI=1S/C2H5ClO5.Li.H/c4-1-2-8-3(5,6)7;;/h4H,1-2H2;;/q;+1;-1. The van der Waals surface area contributed by atoms with Crippen LogP contribution < -0.4 is 32.8 Å². The Balaban J connectivity index is -0.000000245. The molecular formula is C2H6ClLiO5. The molecule has 0 saturated carbocycles. The molecule has 0 saturated heterocycles. The molecule has 0 aliphatic heterocycles. The quantitative estimate of drug-likeness (QED) is 0.405. The fourth-order valence-electron chi connectivity index (χ4n) is 0.129. The van der Waals surface area contributed by atoms with Crippen LogP contribution in [0.3, 0.4) is 0 Å². The van der Waals surface area contributed by atoms with Gasteiger partial charge < -0.3 is 6.53 Å². The van der Waals surface area contributed by atoms with Crippen molar-refractivity contribution in [2.75, 3.05) is 13.2 Å². The third-order valence-electron chi connectivity index (χ3n) is 0.302. The minimum Gasteiger partial charge on any atom is -1.00 e. The number of hydrogen-bond donors (Lipinski definition) is 1. The summed E-state index contributed by atoms with van der Waals surface area (Å²) >= 11 is 0. The maximum absolute atomic E-state index is 9.47. The molecule has 0 spiro atoms. The Labute approximate surface area is 67.6 Å². The second kappa shape index (κ2) is 5.47. The molecule has 0 bridgehead atoms. The molecule has 52 valence electrons. The summed E-state index contributed by atoms with van der Waals surface area (Å²) in [5.74, 6) is 0. The Morgan fingerprint density at radius 1 is 1.44 bits per heavy atom. The number of hydrogen-bond acceptors (Lipinski definition) is 5. The van der Waals surface area contributed by atoms with Gasteiger partial charge in [-0.2, -0.15) is 14.0 Å². The van der Waals surface area contributed by atoms with E-state index < -0.39 is 23.5 Å². The molecule has 0 aliphatic rings. The van der Waals surface area contributed by atoms with Gasteiger partial charge in [-0.25, -0.2) is 0 Å². The molecule has 0 atom stereocenters. The Morgan fingerprint density at radius 3 is 2.00 bits per heavy atom. The van der Waals surface area contributed by atoms with Crippen LogP contribution in [0, 0.1) is 10.2 Å². The Kier molecular flexibility index (Phi) is 7.52. The average Bonchev–Trinajstić information content (AvgIpc) is 1.59. The molecule has 0 unspecified atom stereocenters. The largest absolute Gasteiger partial charge is 1.00 e. The number of aliphatic hydroxyl groups is 1. The van der Waals surface area contributed by atoms with Gasteiger partial charge in [0.1, 0.15) is 0 Å². The molecule has 1 N–H and O–H groups in total. The minimum absolute atomic E-state index is 0. The zero-order valence-electron chi connectivity index (χ0n) is 5.87. The van der Waals surface area contributed by atoms with Gasteiger partial charge in [-0.1, -0.05) is 0 Å². The first-order chi connectivity index (χ1) is 3.56. The second-order valence-corrected chi connectivity index (χ2v) is 1.89. The first kappa shape index (κ1) is 12.4. The minimum atomic E-state index is -4.35. The van der Waals surface area contributed by atoms with Gasteiger partial charge in [0.15, 0.2) is 0 Å². The van der Waals surface area contributed by atoms with Gasteiger partial charge in [0.2, 0.25) is 6.61 Å². The SMILES string of the molecule is [H-].[Li+].[O-][Cl+3]([O-])([O-])OCCO. The van der Waals surface area contributed by atoms with Crippen LogP contribution in [0.1, 0.15) is 1.43 Å². The topological polar surface area (TPSA) is 98.6 Å². The number of rotatable bonds is 3. The van der Waals surface area contributed by atoms with Crippen LogP contribution in [0.15, 0.2) is 0 Å². The van der Waals surface area contributed by atoms with Crippen molar-refractivity contribution in [1.82, 2.24) is 0 Å². The molecule has 7 heteroatoms. The normalized spacial score (nSPS) is 10.7. The molecule has 9 heavy (non-hydrogen) atoms. The second-order valence-electron chi connectivity index (χ2n) is 0.915. The molecule has 0 aromatic heterocycles. The van der Waals surface area contributed by atoms with Crippen LogP contribution >= 0.6 is 0 Å². The molecule has 0 aromatic rings. The van der Waals surface area contributed by atoms with E-state index in [0.717, 1.165) is 0 Å². The van der Waals surface area contributed by atoms with Crippen molar-refractivity contribution in [3.8, 4) is 0 Å². The fourth-order valence-corrected chi connectivity index (χ4v) is 0.387. The van der Waals surface area contributed by atoms with Crippen molar-refractivity contribution in [2.45, 2.75) is 0 Å². The molecular weight excluding hydrogens is 146 g/mol. The van der Waals surface area contributed by atoms with Crippen molar-refractivity contribution in [3.05, 3.63) is 0 Å². The van der Waals surface area contributed by atoms with Gasteiger partial charge in [-0.15, -0.1) is 0 Å². The van der Waals surface area contributed by atoms with Crippen molar-refractivity contribution in [3.63, 3.8) is 0 Å². The molecule has 0 fully saturated rings. The van der Waals surface area contributed by atoms with E-state index in [1.165, 1.54) is 0 Å². The van der Waals surface area contributed by atoms with Crippen LogP contribution in [0.5, 0.6) is 0 Å². The van der Waals surface area contributed by atoms with Crippen molar-refractivity contribution in [2.24, 2.45) is 0 Å². The van der Waals surface area contributed by atoms with Crippen LogP contribution in [-0.2, 0) is 4.29 Å². The van der Waals surface area contributed by atoms with E-state index in [1.54, 1.807) is 0 Å². The van der Waals surface area contributed by atoms with Crippen LogP contribution in [-0.4, -0.2) is 18.3 Å². The first-order valence-corrected chi connectivity index (χ1v) is 2.96. The summed E-state index contributed by atoms with van der Waals surface area (Å²) in [6, 6.07) is 0.